The Kier molecular flexibility index (Phi) is 5.16. The van der Waals surface area contributed by atoms with Crippen LogP contribution in [0.4, 0.5) is 14.5 Å². The predicted molar refractivity (Wildman–Crippen MR) is 109 cm³/mol. The van der Waals surface area contributed by atoms with Crippen LogP contribution < -0.4 is 4.74 Å². The summed E-state index contributed by atoms with van der Waals surface area (Å²) in [5.41, 5.74) is 2.30. The zero-order valence-corrected chi connectivity index (χ0v) is 16.5. The Morgan fingerprint density at radius 1 is 1.03 bits per heavy atom. The Hall–Kier alpha value is -4.14. The highest BCUT2D eigenvalue weighted by Crippen LogP contribution is 2.40. The molecule has 0 N–H and O–H groups in total. The van der Waals surface area contributed by atoms with Crippen LogP contribution in [0.25, 0.3) is 16.8 Å². The smallest absolute Gasteiger partial charge is 0.295 e. The number of pyridine rings is 1. The number of ether oxygens (including phenoxy) is 1. The lowest BCUT2D eigenvalue weighted by Gasteiger charge is -2.15. The van der Waals surface area contributed by atoms with E-state index in [0.29, 0.717) is 28.6 Å². The van der Waals surface area contributed by atoms with E-state index in [-0.39, 0.29) is 22.9 Å². The summed E-state index contributed by atoms with van der Waals surface area (Å²) in [5.74, 6) is -1.71. The first-order valence-corrected chi connectivity index (χ1v) is 9.23. The van der Waals surface area contributed by atoms with Crippen LogP contribution >= 0.6 is 0 Å². The van der Waals surface area contributed by atoms with Crippen LogP contribution in [-0.4, -0.2) is 19.7 Å². The average molecular weight is 422 g/mol. The Labute approximate surface area is 175 Å². The van der Waals surface area contributed by atoms with E-state index < -0.39 is 16.6 Å². The van der Waals surface area contributed by atoms with Gasteiger partial charge in [-0.05, 0) is 49.7 Å². The van der Waals surface area contributed by atoms with Crippen molar-refractivity contribution in [3.8, 4) is 28.3 Å². The third-order valence-electron chi connectivity index (χ3n) is 4.53. The fourth-order valence-electron chi connectivity index (χ4n) is 3.28. The van der Waals surface area contributed by atoms with Crippen molar-refractivity contribution in [3.05, 3.63) is 94.1 Å². The van der Waals surface area contributed by atoms with Gasteiger partial charge in [-0.25, -0.2) is 13.5 Å². The second kappa shape index (κ2) is 7.94. The molecule has 31 heavy (non-hydrogen) atoms. The van der Waals surface area contributed by atoms with Crippen LogP contribution in [0, 0.1) is 35.6 Å². The SMILES string of the molecule is Cc1cc(-c2cc([N+](=O)[O-])c(-n3cccn3)cc2Oc2ccc(F)cc2F)cc(C)n1. The number of benzene rings is 2. The van der Waals surface area contributed by atoms with Crippen LogP contribution in [0.3, 0.4) is 0 Å². The van der Waals surface area contributed by atoms with Gasteiger partial charge in [0.15, 0.2) is 11.6 Å². The van der Waals surface area contributed by atoms with E-state index in [0.717, 1.165) is 12.1 Å². The summed E-state index contributed by atoms with van der Waals surface area (Å²) in [7, 11) is 0. The van der Waals surface area contributed by atoms with E-state index in [1.54, 1.807) is 38.2 Å². The molecule has 7 nitrogen and oxygen atoms in total. The van der Waals surface area contributed by atoms with E-state index in [9.17, 15) is 18.9 Å². The molecule has 156 valence electrons. The number of aryl methyl sites for hydroxylation is 2. The van der Waals surface area contributed by atoms with Gasteiger partial charge in [-0.3, -0.25) is 15.1 Å². The predicted octanol–water partition coefficient (Wildman–Crippen LogP) is 5.53. The van der Waals surface area contributed by atoms with Crippen molar-refractivity contribution in [3.63, 3.8) is 0 Å². The number of nitrogens with zero attached hydrogens (tertiary/aromatic N) is 4. The largest absolute Gasteiger partial charge is 0.454 e. The summed E-state index contributed by atoms with van der Waals surface area (Å²) < 4.78 is 34.7. The fraction of sp³-hybridized carbons (Fsp3) is 0.0909. The van der Waals surface area contributed by atoms with Gasteiger partial charge in [-0.15, -0.1) is 0 Å². The van der Waals surface area contributed by atoms with Gasteiger partial charge < -0.3 is 4.74 Å². The van der Waals surface area contributed by atoms with Crippen LogP contribution in [0.2, 0.25) is 0 Å². The molecule has 0 fully saturated rings. The van der Waals surface area contributed by atoms with Crippen molar-refractivity contribution in [2.24, 2.45) is 0 Å². The standard InChI is InChI=1S/C22H16F2N4O3/c1-13-8-15(9-14(2)26-13)17-11-20(28(29)30)19(27-7-3-6-25-27)12-22(17)31-21-5-4-16(23)10-18(21)24/h3-12H,1-2H3. The van der Waals surface area contributed by atoms with Gasteiger partial charge in [0.05, 0.1) is 4.92 Å². The van der Waals surface area contributed by atoms with Crippen molar-refractivity contribution in [2.75, 3.05) is 0 Å². The molecule has 2 aromatic heterocycles. The molecule has 0 unspecified atom stereocenters. The summed E-state index contributed by atoms with van der Waals surface area (Å²) >= 11 is 0. The molecule has 9 heteroatoms. The number of nitro benzene ring substituents is 1. The molecule has 0 amide bonds. The minimum atomic E-state index is -0.896. The second-order valence-electron chi connectivity index (χ2n) is 6.86. The number of rotatable bonds is 5. The molecular formula is C22H16F2N4O3. The number of hydrogen-bond acceptors (Lipinski definition) is 5. The molecule has 0 radical (unpaired) electrons. The zero-order chi connectivity index (χ0) is 22.1. The first-order valence-electron chi connectivity index (χ1n) is 9.23. The lowest BCUT2D eigenvalue weighted by Crippen LogP contribution is -2.03. The molecular weight excluding hydrogens is 406 g/mol. The van der Waals surface area contributed by atoms with Gasteiger partial charge in [0.1, 0.15) is 17.3 Å². The highest BCUT2D eigenvalue weighted by molar-refractivity contribution is 5.77. The summed E-state index contributed by atoms with van der Waals surface area (Å²) in [5, 5.41) is 15.9. The molecule has 0 atom stereocenters. The summed E-state index contributed by atoms with van der Waals surface area (Å²) in [6, 6.07) is 10.8. The van der Waals surface area contributed by atoms with Crippen LogP contribution in [0.5, 0.6) is 11.5 Å². The van der Waals surface area contributed by atoms with E-state index in [2.05, 4.69) is 10.1 Å². The Balaban J connectivity index is 1.97. The van der Waals surface area contributed by atoms with Crippen molar-refractivity contribution in [2.45, 2.75) is 13.8 Å². The summed E-state index contributed by atoms with van der Waals surface area (Å²) in [6.45, 7) is 3.59. The van der Waals surface area contributed by atoms with Gasteiger partial charge in [-0.2, -0.15) is 5.10 Å². The molecule has 2 heterocycles. The highest BCUT2D eigenvalue weighted by Gasteiger charge is 2.23. The normalized spacial score (nSPS) is 10.8. The second-order valence-corrected chi connectivity index (χ2v) is 6.86. The Bertz CT molecular complexity index is 1270. The molecule has 2 aromatic carbocycles. The molecule has 0 saturated carbocycles. The Morgan fingerprint density at radius 3 is 2.39 bits per heavy atom. The number of hydrogen-bond donors (Lipinski definition) is 0. The maximum Gasteiger partial charge on any atom is 0.295 e. The fourth-order valence-corrected chi connectivity index (χ4v) is 3.28. The molecule has 0 bridgehead atoms. The van der Waals surface area contributed by atoms with E-state index in [1.807, 2.05) is 0 Å². The van der Waals surface area contributed by atoms with Crippen LogP contribution in [-0.2, 0) is 0 Å². The number of nitro groups is 1. The quantitative estimate of drug-likeness (QED) is 0.312. The lowest BCUT2D eigenvalue weighted by atomic mass is 10.0. The van der Waals surface area contributed by atoms with Gasteiger partial charge in [0.25, 0.3) is 5.69 Å². The average Bonchev–Trinajstić information content (AvgIpc) is 3.23. The van der Waals surface area contributed by atoms with Crippen LogP contribution in [0.1, 0.15) is 11.4 Å². The van der Waals surface area contributed by atoms with E-state index in [1.165, 1.54) is 23.0 Å². The first kappa shape index (κ1) is 20.1. The van der Waals surface area contributed by atoms with Gasteiger partial charge >= 0.3 is 0 Å². The minimum absolute atomic E-state index is 0.138. The number of halogens is 2. The molecule has 4 aromatic rings. The van der Waals surface area contributed by atoms with E-state index in [4.69, 9.17) is 4.74 Å². The molecule has 0 spiro atoms. The third-order valence-corrected chi connectivity index (χ3v) is 4.53. The van der Waals surface area contributed by atoms with Crippen LogP contribution in [0.15, 0.2) is 60.9 Å². The molecule has 0 aliphatic rings. The maximum atomic E-state index is 14.3. The number of aromatic nitrogens is 3. The summed E-state index contributed by atoms with van der Waals surface area (Å²) in [4.78, 5) is 15.6. The van der Waals surface area contributed by atoms with Crippen molar-refractivity contribution in [1.29, 1.82) is 0 Å². The lowest BCUT2D eigenvalue weighted by molar-refractivity contribution is -0.384. The molecule has 0 aliphatic heterocycles. The summed E-state index contributed by atoms with van der Waals surface area (Å²) in [6.07, 6.45) is 3.03. The Morgan fingerprint density at radius 2 is 1.77 bits per heavy atom. The molecule has 0 saturated heterocycles. The topological polar surface area (TPSA) is 83.1 Å². The van der Waals surface area contributed by atoms with Crippen molar-refractivity contribution in [1.82, 2.24) is 14.8 Å². The van der Waals surface area contributed by atoms with Gasteiger partial charge in [0, 0.05) is 47.5 Å². The zero-order valence-electron chi connectivity index (χ0n) is 16.5. The van der Waals surface area contributed by atoms with Gasteiger partial charge in [-0.1, -0.05) is 0 Å². The minimum Gasteiger partial charge on any atom is -0.454 e. The molecule has 4 rings (SSSR count). The van der Waals surface area contributed by atoms with Crippen molar-refractivity contribution >= 4 is 5.69 Å². The first-order chi connectivity index (χ1) is 14.8. The highest BCUT2D eigenvalue weighted by atomic mass is 19.1. The third kappa shape index (κ3) is 4.11. The molecule has 0 aliphatic carbocycles. The maximum absolute atomic E-state index is 14.3. The monoisotopic (exact) mass is 422 g/mol. The van der Waals surface area contributed by atoms with Crippen molar-refractivity contribution < 1.29 is 18.4 Å². The van der Waals surface area contributed by atoms with Gasteiger partial charge in [0.2, 0.25) is 0 Å². The van der Waals surface area contributed by atoms with E-state index >= 15 is 0 Å².